The molecule has 0 N–H and O–H groups in total. The molecular formula is C19H18ClF2NO. The molecule has 2 aromatic carbocycles. The third-order valence-corrected chi connectivity index (χ3v) is 4.77. The Labute approximate surface area is 145 Å². The van der Waals surface area contributed by atoms with Gasteiger partial charge in [-0.25, -0.2) is 8.78 Å². The molecule has 0 amide bonds. The van der Waals surface area contributed by atoms with Crippen LogP contribution in [0.4, 0.5) is 14.5 Å². The van der Waals surface area contributed by atoms with E-state index < -0.39 is 11.6 Å². The summed E-state index contributed by atoms with van der Waals surface area (Å²) in [6.45, 7) is 2.24. The molecule has 0 saturated heterocycles. The van der Waals surface area contributed by atoms with E-state index >= 15 is 0 Å². The van der Waals surface area contributed by atoms with Crippen molar-refractivity contribution in [3.63, 3.8) is 0 Å². The molecule has 0 bridgehead atoms. The summed E-state index contributed by atoms with van der Waals surface area (Å²) in [5, 5.41) is 0.532. The summed E-state index contributed by atoms with van der Waals surface area (Å²) in [6, 6.07) is 4.98. The first kappa shape index (κ1) is 16.9. The minimum absolute atomic E-state index is 0.183. The number of anilines is 1. The molecule has 1 aliphatic heterocycles. The van der Waals surface area contributed by atoms with Crippen molar-refractivity contribution < 1.29 is 13.6 Å². The number of Topliss-reactive ketones (excluding diaryl/α,β-unsaturated/α-hetero) is 1. The third-order valence-electron chi connectivity index (χ3n) is 4.43. The van der Waals surface area contributed by atoms with Crippen LogP contribution in [0.1, 0.15) is 35.7 Å². The Bertz CT molecular complexity index is 799. The lowest BCUT2D eigenvalue weighted by Gasteiger charge is -2.26. The zero-order valence-electron chi connectivity index (χ0n) is 13.6. The Kier molecular flexibility index (Phi) is 4.59. The molecule has 5 heteroatoms. The first-order valence-electron chi connectivity index (χ1n) is 7.92. The van der Waals surface area contributed by atoms with Crippen LogP contribution in [0.5, 0.6) is 0 Å². The lowest BCUT2D eigenvalue weighted by Crippen LogP contribution is -2.20. The third kappa shape index (κ3) is 3.03. The summed E-state index contributed by atoms with van der Waals surface area (Å²) in [5.41, 5.74) is 3.04. The Hall–Kier alpha value is -1.94. The Morgan fingerprint density at radius 2 is 1.79 bits per heavy atom. The van der Waals surface area contributed by atoms with Crippen molar-refractivity contribution in [3.05, 3.63) is 52.0 Å². The van der Waals surface area contributed by atoms with Gasteiger partial charge in [-0.1, -0.05) is 11.6 Å². The average molecular weight is 350 g/mol. The summed E-state index contributed by atoms with van der Waals surface area (Å²) < 4.78 is 27.5. The first-order valence-corrected chi connectivity index (χ1v) is 8.30. The molecule has 0 spiro atoms. The van der Waals surface area contributed by atoms with E-state index in [0.29, 0.717) is 21.7 Å². The summed E-state index contributed by atoms with van der Waals surface area (Å²) in [7, 11) is 1.92. The first-order chi connectivity index (χ1) is 11.4. The molecule has 0 radical (unpaired) electrons. The van der Waals surface area contributed by atoms with Crippen LogP contribution in [-0.2, 0) is 6.42 Å². The number of carbonyl (C=O) groups is 1. The van der Waals surface area contributed by atoms with Crippen LogP contribution >= 0.6 is 11.6 Å². The van der Waals surface area contributed by atoms with Crippen LogP contribution in [0, 0.1) is 11.6 Å². The number of fused-ring (bicyclic) bond motifs is 1. The zero-order valence-corrected chi connectivity index (χ0v) is 14.4. The average Bonchev–Trinajstić information content (AvgIpc) is 2.69. The van der Waals surface area contributed by atoms with E-state index in [1.807, 2.05) is 11.9 Å². The van der Waals surface area contributed by atoms with Gasteiger partial charge in [0.05, 0.1) is 0 Å². The van der Waals surface area contributed by atoms with Crippen molar-refractivity contribution in [2.24, 2.45) is 0 Å². The SMILES string of the molecule is CC(=O)c1cc(Cl)c2c(c1-c1cc(F)cc(F)c1)N(C)CCCC2. The second-order valence-electron chi connectivity index (χ2n) is 6.20. The molecule has 3 rings (SSSR count). The van der Waals surface area contributed by atoms with E-state index in [1.54, 1.807) is 6.07 Å². The van der Waals surface area contributed by atoms with E-state index in [0.717, 1.165) is 43.1 Å². The molecule has 1 heterocycles. The molecule has 1 aliphatic rings. The summed E-state index contributed by atoms with van der Waals surface area (Å²) in [5.74, 6) is -1.52. The second-order valence-corrected chi connectivity index (χ2v) is 6.61. The lowest BCUT2D eigenvalue weighted by molar-refractivity contribution is 0.101. The number of halogens is 3. The molecule has 126 valence electrons. The van der Waals surface area contributed by atoms with Crippen molar-refractivity contribution >= 4 is 23.1 Å². The fraction of sp³-hybridized carbons (Fsp3) is 0.316. The van der Waals surface area contributed by atoms with E-state index in [1.165, 1.54) is 19.1 Å². The summed E-state index contributed by atoms with van der Waals surface area (Å²) in [4.78, 5) is 14.2. The van der Waals surface area contributed by atoms with Gasteiger partial charge >= 0.3 is 0 Å². The maximum atomic E-state index is 13.8. The number of ketones is 1. The van der Waals surface area contributed by atoms with E-state index in [2.05, 4.69) is 0 Å². The maximum absolute atomic E-state index is 13.8. The van der Waals surface area contributed by atoms with E-state index in [-0.39, 0.29) is 5.78 Å². The zero-order chi connectivity index (χ0) is 17.4. The highest BCUT2D eigenvalue weighted by Crippen LogP contribution is 2.43. The monoisotopic (exact) mass is 349 g/mol. The minimum atomic E-state index is -0.667. The predicted octanol–water partition coefficient (Wildman–Crippen LogP) is 5.26. The molecule has 24 heavy (non-hydrogen) atoms. The normalized spacial score (nSPS) is 14.3. The van der Waals surface area contributed by atoms with Crippen LogP contribution < -0.4 is 4.90 Å². The van der Waals surface area contributed by atoms with Crippen molar-refractivity contribution in [1.82, 2.24) is 0 Å². The van der Waals surface area contributed by atoms with Crippen LogP contribution in [0.25, 0.3) is 11.1 Å². The standard InChI is InChI=1S/C19H18ClF2NO/c1-11(24)16-10-17(20)15-5-3-4-6-23(2)19(15)18(16)12-7-13(21)9-14(22)8-12/h7-10H,3-6H2,1-2H3. The lowest BCUT2D eigenvalue weighted by atomic mass is 9.91. The quantitative estimate of drug-likeness (QED) is 0.689. The molecule has 2 nitrogen and oxygen atoms in total. The van der Waals surface area contributed by atoms with Crippen LogP contribution in [0.2, 0.25) is 5.02 Å². The number of hydrogen-bond donors (Lipinski definition) is 0. The predicted molar refractivity (Wildman–Crippen MR) is 93.0 cm³/mol. The second kappa shape index (κ2) is 6.52. The highest BCUT2D eigenvalue weighted by atomic mass is 35.5. The van der Waals surface area contributed by atoms with Gasteiger partial charge in [0, 0.05) is 41.5 Å². The Morgan fingerprint density at radius 1 is 1.12 bits per heavy atom. The molecule has 0 fully saturated rings. The Morgan fingerprint density at radius 3 is 2.42 bits per heavy atom. The fourth-order valence-electron chi connectivity index (χ4n) is 3.37. The van der Waals surface area contributed by atoms with Gasteiger partial charge in [-0.2, -0.15) is 0 Å². The molecule has 0 aliphatic carbocycles. The largest absolute Gasteiger partial charge is 0.374 e. The maximum Gasteiger partial charge on any atom is 0.160 e. The molecule has 0 atom stereocenters. The molecule has 2 aromatic rings. The van der Waals surface area contributed by atoms with Gasteiger partial charge < -0.3 is 4.90 Å². The molecule has 0 unspecified atom stereocenters. The van der Waals surface area contributed by atoms with Crippen molar-refractivity contribution in [3.8, 4) is 11.1 Å². The van der Waals surface area contributed by atoms with Crippen molar-refractivity contribution in [2.75, 3.05) is 18.5 Å². The number of nitrogens with zero attached hydrogens (tertiary/aromatic N) is 1. The molecular weight excluding hydrogens is 332 g/mol. The van der Waals surface area contributed by atoms with Gasteiger partial charge in [-0.05, 0) is 55.5 Å². The van der Waals surface area contributed by atoms with E-state index in [4.69, 9.17) is 11.6 Å². The number of rotatable bonds is 2. The smallest absolute Gasteiger partial charge is 0.160 e. The highest BCUT2D eigenvalue weighted by molar-refractivity contribution is 6.32. The Balaban J connectivity index is 2.39. The highest BCUT2D eigenvalue weighted by Gasteiger charge is 2.25. The summed E-state index contributed by atoms with van der Waals surface area (Å²) >= 11 is 6.42. The molecule has 0 aromatic heterocycles. The van der Waals surface area contributed by atoms with E-state index in [9.17, 15) is 13.6 Å². The van der Waals surface area contributed by atoms with Gasteiger partial charge in [0.2, 0.25) is 0 Å². The van der Waals surface area contributed by atoms with Crippen molar-refractivity contribution in [1.29, 1.82) is 0 Å². The topological polar surface area (TPSA) is 20.3 Å². The van der Waals surface area contributed by atoms with Crippen LogP contribution in [-0.4, -0.2) is 19.4 Å². The fourth-order valence-corrected chi connectivity index (χ4v) is 3.66. The van der Waals surface area contributed by atoms with Gasteiger partial charge in [0.1, 0.15) is 11.6 Å². The molecule has 0 saturated carbocycles. The van der Waals surface area contributed by atoms with Crippen LogP contribution in [0.15, 0.2) is 24.3 Å². The number of benzene rings is 2. The van der Waals surface area contributed by atoms with Crippen LogP contribution in [0.3, 0.4) is 0 Å². The van der Waals surface area contributed by atoms with Gasteiger partial charge in [0.15, 0.2) is 5.78 Å². The number of hydrogen-bond acceptors (Lipinski definition) is 2. The van der Waals surface area contributed by atoms with Crippen molar-refractivity contribution in [2.45, 2.75) is 26.2 Å². The minimum Gasteiger partial charge on any atom is -0.374 e. The summed E-state index contributed by atoms with van der Waals surface area (Å²) in [6.07, 6.45) is 2.75. The van der Waals surface area contributed by atoms with Gasteiger partial charge in [-0.15, -0.1) is 0 Å². The van der Waals surface area contributed by atoms with Gasteiger partial charge in [0.25, 0.3) is 0 Å². The van der Waals surface area contributed by atoms with Gasteiger partial charge in [-0.3, -0.25) is 4.79 Å². The number of carbonyl (C=O) groups excluding carboxylic acids is 1.